The van der Waals surface area contributed by atoms with Crippen LogP contribution in [0.3, 0.4) is 0 Å². The summed E-state index contributed by atoms with van der Waals surface area (Å²) in [5, 5.41) is 0. The lowest BCUT2D eigenvalue weighted by Gasteiger charge is -2.17. The Balaban J connectivity index is 1.38. The average Bonchev–Trinajstić information content (AvgIpc) is 3.02. The molecule has 0 heteroatoms. The van der Waals surface area contributed by atoms with E-state index in [1.807, 2.05) is 0 Å². The van der Waals surface area contributed by atoms with Crippen molar-refractivity contribution in [1.29, 1.82) is 0 Å². The summed E-state index contributed by atoms with van der Waals surface area (Å²) in [5.41, 5.74) is 0. The molecule has 0 aromatic rings. The Kier molecular flexibility index (Phi) is 4.08. The molecule has 3 fully saturated rings. The van der Waals surface area contributed by atoms with Crippen molar-refractivity contribution in [2.24, 2.45) is 23.7 Å². The second-order valence-electron chi connectivity index (χ2n) is 7.32. The van der Waals surface area contributed by atoms with Crippen LogP contribution in [0.25, 0.3) is 0 Å². The van der Waals surface area contributed by atoms with Crippen LogP contribution >= 0.6 is 0 Å². The Morgan fingerprint density at radius 2 is 0.882 bits per heavy atom. The normalized spacial score (nSPS) is 36.0. The first-order valence-electron chi connectivity index (χ1n) is 8.40. The molecular formula is C17H30. The maximum atomic E-state index is 1.60. The molecule has 2 unspecified atom stereocenters. The van der Waals surface area contributed by atoms with Crippen LogP contribution in [0.15, 0.2) is 0 Å². The van der Waals surface area contributed by atoms with Gasteiger partial charge in [0.05, 0.1) is 0 Å². The third kappa shape index (κ3) is 3.26. The van der Waals surface area contributed by atoms with E-state index in [1.165, 1.54) is 25.7 Å². The van der Waals surface area contributed by atoms with Crippen LogP contribution < -0.4 is 0 Å². The van der Waals surface area contributed by atoms with Gasteiger partial charge in [-0.25, -0.2) is 0 Å². The van der Waals surface area contributed by atoms with Crippen LogP contribution in [0.4, 0.5) is 0 Å². The molecule has 98 valence electrons. The average molecular weight is 234 g/mol. The van der Waals surface area contributed by atoms with Gasteiger partial charge in [-0.15, -0.1) is 0 Å². The Bertz CT molecular complexity index is 196. The van der Waals surface area contributed by atoms with Crippen molar-refractivity contribution in [2.75, 3.05) is 0 Å². The van der Waals surface area contributed by atoms with Crippen LogP contribution in [0, 0.1) is 23.7 Å². The summed E-state index contributed by atoms with van der Waals surface area (Å²) in [6.07, 6.45) is 20.3. The molecule has 0 saturated heterocycles. The lowest BCUT2D eigenvalue weighted by molar-refractivity contribution is 0.341. The van der Waals surface area contributed by atoms with Crippen LogP contribution in [-0.2, 0) is 0 Å². The van der Waals surface area contributed by atoms with Gasteiger partial charge in [0.15, 0.2) is 0 Å². The molecule has 0 aromatic heterocycles. The minimum atomic E-state index is 1.13. The second-order valence-corrected chi connectivity index (χ2v) is 7.32. The minimum Gasteiger partial charge on any atom is -0.0530 e. The van der Waals surface area contributed by atoms with E-state index in [0.29, 0.717) is 0 Å². The summed E-state index contributed by atoms with van der Waals surface area (Å²) in [4.78, 5) is 0. The largest absolute Gasteiger partial charge is 0.0530 e. The maximum absolute atomic E-state index is 1.60. The molecule has 3 saturated carbocycles. The van der Waals surface area contributed by atoms with E-state index in [4.69, 9.17) is 0 Å². The smallest absolute Gasteiger partial charge is 0.0409 e. The van der Waals surface area contributed by atoms with E-state index < -0.39 is 0 Å². The summed E-state index contributed by atoms with van der Waals surface area (Å²) in [5.74, 6) is 4.52. The molecule has 17 heavy (non-hydrogen) atoms. The van der Waals surface area contributed by atoms with Gasteiger partial charge in [-0.1, -0.05) is 64.2 Å². The highest BCUT2D eigenvalue weighted by atomic mass is 14.4. The topological polar surface area (TPSA) is 0 Å². The molecule has 0 N–H and O–H groups in total. The highest BCUT2D eigenvalue weighted by Gasteiger charge is 2.30. The number of hydrogen-bond acceptors (Lipinski definition) is 0. The standard InChI is InChI=1S/C17H30/c1-2-6-14(5-1)11-16-9-10-17(13-16)12-15-7-3-4-8-15/h14-17H,1-13H2. The van der Waals surface area contributed by atoms with Gasteiger partial charge in [0.1, 0.15) is 0 Å². The fourth-order valence-corrected chi connectivity index (χ4v) is 5.04. The fraction of sp³-hybridized carbons (Fsp3) is 1.00. The molecule has 0 amide bonds. The van der Waals surface area contributed by atoms with Crippen LogP contribution in [0.1, 0.15) is 83.5 Å². The van der Waals surface area contributed by atoms with Gasteiger partial charge in [-0.05, 0) is 42.9 Å². The Morgan fingerprint density at radius 3 is 1.29 bits per heavy atom. The predicted molar refractivity (Wildman–Crippen MR) is 74.0 cm³/mol. The third-order valence-corrected chi connectivity index (χ3v) is 5.93. The highest BCUT2D eigenvalue weighted by molar-refractivity contribution is 4.82. The molecule has 3 aliphatic carbocycles. The lowest BCUT2D eigenvalue weighted by atomic mass is 9.88. The summed E-state index contributed by atoms with van der Waals surface area (Å²) >= 11 is 0. The summed E-state index contributed by atoms with van der Waals surface area (Å²) in [6.45, 7) is 0. The summed E-state index contributed by atoms with van der Waals surface area (Å²) < 4.78 is 0. The number of rotatable bonds is 4. The summed E-state index contributed by atoms with van der Waals surface area (Å²) in [6, 6.07) is 0. The lowest BCUT2D eigenvalue weighted by Crippen LogP contribution is -2.06. The van der Waals surface area contributed by atoms with Gasteiger partial charge in [0, 0.05) is 0 Å². The van der Waals surface area contributed by atoms with Crippen molar-refractivity contribution in [3.05, 3.63) is 0 Å². The van der Waals surface area contributed by atoms with E-state index in [2.05, 4.69) is 0 Å². The first-order chi connectivity index (χ1) is 8.40. The zero-order valence-electron chi connectivity index (χ0n) is 11.5. The van der Waals surface area contributed by atoms with Crippen molar-refractivity contribution in [1.82, 2.24) is 0 Å². The van der Waals surface area contributed by atoms with Crippen molar-refractivity contribution in [2.45, 2.75) is 83.5 Å². The van der Waals surface area contributed by atoms with Gasteiger partial charge in [0.2, 0.25) is 0 Å². The molecular weight excluding hydrogens is 204 g/mol. The third-order valence-electron chi connectivity index (χ3n) is 5.93. The van der Waals surface area contributed by atoms with Crippen molar-refractivity contribution >= 4 is 0 Å². The zero-order chi connectivity index (χ0) is 11.5. The molecule has 0 nitrogen and oxygen atoms in total. The minimum absolute atomic E-state index is 1.13. The molecule has 0 spiro atoms. The quantitative estimate of drug-likeness (QED) is 0.597. The Labute approximate surface area is 108 Å². The first kappa shape index (κ1) is 12.1. The fourth-order valence-electron chi connectivity index (χ4n) is 5.04. The van der Waals surface area contributed by atoms with Gasteiger partial charge in [0.25, 0.3) is 0 Å². The van der Waals surface area contributed by atoms with E-state index in [-0.39, 0.29) is 0 Å². The van der Waals surface area contributed by atoms with Crippen molar-refractivity contribution in [3.8, 4) is 0 Å². The maximum Gasteiger partial charge on any atom is -0.0409 e. The first-order valence-corrected chi connectivity index (χ1v) is 8.40. The van der Waals surface area contributed by atoms with Crippen molar-refractivity contribution < 1.29 is 0 Å². The SMILES string of the molecule is C1CCC(CC2CCC(CC3CCCC3)C2)C1. The van der Waals surface area contributed by atoms with Crippen molar-refractivity contribution in [3.63, 3.8) is 0 Å². The molecule has 3 aliphatic rings. The second kappa shape index (κ2) is 5.76. The molecule has 0 bridgehead atoms. The summed E-state index contributed by atoms with van der Waals surface area (Å²) in [7, 11) is 0. The van der Waals surface area contributed by atoms with Gasteiger partial charge < -0.3 is 0 Å². The highest BCUT2D eigenvalue weighted by Crippen LogP contribution is 2.43. The van der Waals surface area contributed by atoms with Gasteiger partial charge in [-0.3, -0.25) is 0 Å². The monoisotopic (exact) mass is 234 g/mol. The predicted octanol–water partition coefficient (Wildman–Crippen LogP) is 5.56. The molecule has 0 radical (unpaired) electrons. The van der Waals surface area contributed by atoms with Crippen LogP contribution in [0.5, 0.6) is 0 Å². The van der Waals surface area contributed by atoms with E-state index in [1.54, 1.807) is 57.8 Å². The molecule has 2 atom stereocenters. The molecule has 3 rings (SSSR count). The van der Waals surface area contributed by atoms with E-state index >= 15 is 0 Å². The molecule has 0 aromatic carbocycles. The van der Waals surface area contributed by atoms with Crippen LogP contribution in [0.2, 0.25) is 0 Å². The molecule has 0 aliphatic heterocycles. The Morgan fingerprint density at radius 1 is 0.471 bits per heavy atom. The number of hydrogen-bond donors (Lipinski definition) is 0. The zero-order valence-corrected chi connectivity index (χ0v) is 11.5. The van der Waals surface area contributed by atoms with Crippen LogP contribution in [-0.4, -0.2) is 0 Å². The van der Waals surface area contributed by atoms with E-state index in [9.17, 15) is 0 Å². The molecule has 0 heterocycles. The Hall–Kier alpha value is 0. The van der Waals surface area contributed by atoms with Gasteiger partial charge in [-0.2, -0.15) is 0 Å². The van der Waals surface area contributed by atoms with E-state index in [0.717, 1.165) is 23.7 Å². The van der Waals surface area contributed by atoms with Gasteiger partial charge >= 0.3 is 0 Å².